The third-order valence-electron chi connectivity index (χ3n) is 6.13. The van der Waals surface area contributed by atoms with Gasteiger partial charge in [0.1, 0.15) is 17.3 Å². The van der Waals surface area contributed by atoms with E-state index in [1.807, 2.05) is 48.5 Å². The SMILES string of the molecule is COc1ccc(/C=C2\C=C(c3ccc(OC)cc3)OC2(c2ccccc2)c2ccccc2)cc1. The van der Waals surface area contributed by atoms with Gasteiger partial charge in [-0.3, -0.25) is 0 Å². The molecule has 34 heavy (non-hydrogen) atoms. The predicted octanol–water partition coefficient (Wildman–Crippen LogP) is 7.10. The first kappa shape index (κ1) is 21.6. The summed E-state index contributed by atoms with van der Waals surface area (Å²) in [5.74, 6) is 2.46. The fourth-order valence-electron chi connectivity index (χ4n) is 4.38. The molecular formula is C31H26O3. The molecule has 0 saturated heterocycles. The molecule has 5 rings (SSSR count). The fraction of sp³-hybridized carbons (Fsp3) is 0.0968. The number of rotatable bonds is 6. The van der Waals surface area contributed by atoms with Crippen molar-refractivity contribution in [2.75, 3.05) is 14.2 Å². The summed E-state index contributed by atoms with van der Waals surface area (Å²) in [6, 6.07) is 36.8. The molecule has 0 aromatic heterocycles. The van der Waals surface area contributed by atoms with Crippen LogP contribution in [0.1, 0.15) is 22.3 Å². The molecule has 0 radical (unpaired) electrons. The second-order valence-electron chi connectivity index (χ2n) is 8.13. The number of hydrogen-bond donors (Lipinski definition) is 0. The molecule has 0 saturated carbocycles. The van der Waals surface area contributed by atoms with Crippen LogP contribution in [0.4, 0.5) is 0 Å². The molecule has 3 nitrogen and oxygen atoms in total. The minimum atomic E-state index is -0.780. The van der Waals surface area contributed by atoms with Crippen molar-refractivity contribution in [2.45, 2.75) is 5.60 Å². The van der Waals surface area contributed by atoms with Crippen molar-refractivity contribution >= 4 is 11.8 Å². The van der Waals surface area contributed by atoms with Crippen molar-refractivity contribution in [1.29, 1.82) is 0 Å². The average Bonchev–Trinajstić information content (AvgIpc) is 3.30. The minimum absolute atomic E-state index is 0.780. The van der Waals surface area contributed by atoms with Gasteiger partial charge in [0, 0.05) is 22.3 Å². The van der Waals surface area contributed by atoms with Crippen molar-refractivity contribution in [1.82, 2.24) is 0 Å². The van der Waals surface area contributed by atoms with Crippen molar-refractivity contribution in [3.8, 4) is 11.5 Å². The predicted molar refractivity (Wildman–Crippen MR) is 137 cm³/mol. The highest BCUT2D eigenvalue weighted by molar-refractivity contribution is 5.76. The van der Waals surface area contributed by atoms with Crippen LogP contribution in [0.5, 0.6) is 11.5 Å². The van der Waals surface area contributed by atoms with Crippen LogP contribution in [0, 0.1) is 0 Å². The first-order valence-electron chi connectivity index (χ1n) is 11.3. The lowest BCUT2D eigenvalue weighted by Gasteiger charge is -2.33. The van der Waals surface area contributed by atoms with Gasteiger partial charge in [0.05, 0.1) is 14.2 Å². The van der Waals surface area contributed by atoms with E-state index in [4.69, 9.17) is 14.2 Å². The van der Waals surface area contributed by atoms with E-state index in [9.17, 15) is 0 Å². The summed E-state index contributed by atoms with van der Waals surface area (Å²) in [7, 11) is 3.35. The Hall–Kier alpha value is -4.24. The summed E-state index contributed by atoms with van der Waals surface area (Å²) in [5.41, 5.74) is 4.48. The van der Waals surface area contributed by atoms with E-state index in [1.54, 1.807) is 14.2 Å². The molecule has 0 amide bonds. The normalized spacial score (nSPS) is 15.5. The smallest absolute Gasteiger partial charge is 0.184 e. The molecule has 4 aromatic rings. The minimum Gasteiger partial charge on any atom is -0.497 e. The van der Waals surface area contributed by atoms with Crippen LogP contribution in [0.25, 0.3) is 11.8 Å². The van der Waals surface area contributed by atoms with Crippen LogP contribution in [0.15, 0.2) is 121 Å². The Kier molecular flexibility index (Phi) is 5.92. The molecule has 0 aliphatic carbocycles. The highest BCUT2D eigenvalue weighted by Gasteiger charge is 2.44. The molecule has 3 heteroatoms. The summed E-state index contributed by atoms with van der Waals surface area (Å²) in [6.07, 6.45) is 4.34. The van der Waals surface area contributed by atoms with Crippen molar-refractivity contribution in [3.05, 3.63) is 143 Å². The van der Waals surface area contributed by atoms with Gasteiger partial charge in [0.25, 0.3) is 0 Å². The molecular weight excluding hydrogens is 420 g/mol. The van der Waals surface area contributed by atoms with Gasteiger partial charge in [-0.25, -0.2) is 0 Å². The van der Waals surface area contributed by atoms with Crippen LogP contribution in [0.2, 0.25) is 0 Å². The van der Waals surface area contributed by atoms with Gasteiger partial charge < -0.3 is 14.2 Å². The second-order valence-corrected chi connectivity index (χ2v) is 8.13. The molecule has 0 atom stereocenters. The van der Waals surface area contributed by atoms with E-state index < -0.39 is 5.60 Å². The summed E-state index contributed by atoms with van der Waals surface area (Å²) in [6.45, 7) is 0. The highest BCUT2D eigenvalue weighted by atomic mass is 16.5. The summed E-state index contributed by atoms with van der Waals surface area (Å²) in [4.78, 5) is 0. The van der Waals surface area contributed by atoms with E-state index in [0.29, 0.717) is 0 Å². The molecule has 0 bridgehead atoms. The third-order valence-corrected chi connectivity index (χ3v) is 6.13. The zero-order valence-corrected chi connectivity index (χ0v) is 19.3. The van der Waals surface area contributed by atoms with Gasteiger partial charge in [-0.2, -0.15) is 0 Å². The maximum absolute atomic E-state index is 6.94. The number of hydrogen-bond acceptors (Lipinski definition) is 3. The molecule has 4 aromatic carbocycles. The highest BCUT2D eigenvalue weighted by Crippen LogP contribution is 2.50. The Balaban J connectivity index is 1.71. The fourth-order valence-corrected chi connectivity index (χ4v) is 4.38. The molecule has 1 aliphatic rings. The lowest BCUT2D eigenvalue weighted by molar-refractivity contribution is 0.135. The Morgan fingerprint density at radius 1 is 0.618 bits per heavy atom. The third kappa shape index (κ3) is 3.97. The topological polar surface area (TPSA) is 27.7 Å². The zero-order chi connectivity index (χ0) is 23.4. The number of methoxy groups -OCH3 is 2. The number of benzene rings is 4. The van der Waals surface area contributed by atoms with Gasteiger partial charge in [-0.1, -0.05) is 72.8 Å². The Morgan fingerprint density at radius 3 is 1.62 bits per heavy atom. The Morgan fingerprint density at radius 2 is 1.12 bits per heavy atom. The Labute approximate surface area is 200 Å². The van der Waals surface area contributed by atoms with Crippen molar-refractivity contribution in [2.24, 2.45) is 0 Å². The van der Waals surface area contributed by atoms with Crippen LogP contribution in [0.3, 0.4) is 0 Å². The first-order chi connectivity index (χ1) is 16.7. The maximum Gasteiger partial charge on any atom is 0.184 e. The van der Waals surface area contributed by atoms with Gasteiger partial charge in [-0.15, -0.1) is 0 Å². The molecule has 0 N–H and O–H groups in total. The van der Waals surface area contributed by atoms with Gasteiger partial charge in [0.15, 0.2) is 5.60 Å². The van der Waals surface area contributed by atoms with E-state index in [-0.39, 0.29) is 0 Å². The van der Waals surface area contributed by atoms with E-state index in [2.05, 4.69) is 72.8 Å². The maximum atomic E-state index is 6.94. The molecule has 168 valence electrons. The lowest BCUT2D eigenvalue weighted by atomic mass is 9.80. The molecule has 0 fully saturated rings. The quantitative estimate of drug-likeness (QED) is 0.316. The van der Waals surface area contributed by atoms with E-state index >= 15 is 0 Å². The van der Waals surface area contributed by atoms with Crippen LogP contribution in [-0.2, 0) is 10.3 Å². The van der Waals surface area contributed by atoms with Gasteiger partial charge >= 0.3 is 0 Å². The summed E-state index contributed by atoms with van der Waals surface area (Å²) < 4.78 is 17.6. The van der Waals surface area contributed by atoms with Crippen molar-refractivity contribution < 1.29 is 14.2 Å². The van der Waals surface area contributed by atoms with Crippen LogP contribution < -0.4 is 9.47 Å². The van der Waals surface area contributed by atoms with E-state index in [1.165, 1.54) is 0 Å². The summed E-state index contributed by atoms with van der Waals surface area (Å²) >= 11 is 0. The van der Waals surface area contributed by atoms with Crippen LogP contribution >= 0.6 is 0 Å². The lowest BCUT2D eigenvalue weighted by Crippen LogP contribution is -2.29. The monoisotopic (exact) mass is 446 g/mol. The van der Waals surface area contributed by atoms with Gasteiger partial charge in [-0.05, 0) is 54.1 Å². The summed E-state index contributed by atoms with van der Waals surface area (Å²) in [5, 5.41) is 0. The van der Waals surface area contributed by atoms with Crippen LogP contribution in [-0.4, -0.2) is 14.2 Å². The molecule has 0 spiro atoms. The molecule has 1 heterocycles. The largest absolute Gasteiger partial charge is 0.497 e. The first-order valence-corrected chi connectivity index (χ1v) is 11.3. The van der Waals surface area contributed by atoms with E-state index in [0.717, 1.165) is 45.1 Å². The zero-order valence-electron chi connectivity index (χ0n) is 19.3. The molecule has 1 aliphatic heterocycles. The average molecular weight is 447 g/mol. The number of ether oxygens (including phenoxy) is 3. The Bertz CT molecular complexity index is 1260. The van der Waals surface area contributed by atoms with Crippen molar-refractivity contribution in [3.63, 3.8) is 0 Å². The molecule has 0 unspecified atom stereocenters. The second kappa shape index (κ2) is 9.32. The van der Waals surface area contributed by atoms with Gasteiger partial charge in [0.2, 0.25) is 0 Å². The standard InChI is InChI=1S/C31H26O3/c1-32-28-17-13-23(14-18-28)21-27-22-30(24-15-19-29(33-2)20-16-24)34-31(27,25-9-5-3-6-10-25)26-11-7-4-8-12-26/h3-22H,1-2H3/b27-21+.